The Morgan fingerprint density at radius 1 is 1.38 bits per heavy atom. The molecule has 0 unspecified atom stereocenters. The Morgan fingerprint density at radius 2 is 2.19 bits per heavy atom. The standard InChI is InChI=1S/C11H22N4O/c1-3-4-7-16-8-5-6-12-9-11-14-13-10-15(11)2/h10,12H,3-9H2,1-2H3. The third-order valence-electron chi connectivity index (χ3n) is 2.37. The van der Waals surface area contributed by atoms with Crippen LogP contribution in [0.1, 0.15) is 32.0 Å². The quantitative estimate of drug-likeness (QED) is 0.641. The summed E-state index contributed by atoms with van der Waals surface area (Å²) in [7, 11) is 1.95. The van der Waals surface area contributed by atoms with Crippen molar-refractivity contribution in [3.05, 3.63) is 12.2 Å². The number of nitrogens with one attached hydrogen (secondary N) is 1. The predicted molar refractivity (Wildman–Crippen MR) is 63.1 cm³/mol. The Bertz CT molecular complexity index is 275. The summed E-state index contributed by atoms with van der Waals surface area (Å²) in [5.41, 5.74) is 0. The summed E-state index contributed by atoms with van der Waals surface area (Å²) in [5.74, 6) is 0.965. The first-order valence-electron chi connectivity index (χ1n) is 5.96. The zero-order chi connectivity index (χ0) is 11.6. The summed E-state index contributed by atoms with van der Waals surface area (Å²) >= 11 is 0. The molecule has 1 heterocycles. The maximum atomic E-state index is 5.46. The molecule has 5 heteroatoms. The van der Waals surface area contributed by atoms with Gasteiger partial charge in [-0.1, -0.05) is 13.3 Å². The maximum absolute atomic E-state index is 5.46. The molecule has 0 aromatic carbocycles. The minimum Gasteiger partial charge on any atom is -0.381 e. The number of rotatable bonds is 9. The molecule has 1 rings (SSSR count). The summed E-state index contributed by atoms with van der Waals surface area (Å²) in [4.78, 5) is 0. The summed E-state index contributed by atoms with van der Waals surface area (Å²) in [6.45, 7) is 5.63. The Labute approximate surface area is 97.2 Å². The van der Waals surface area contributed by atoms with Crippen molar-refractivity contribution in [1.82, 2.24) is 20.1 Å². The molecule has 16 heavy (non-hydrogen) atoms. The van der Waals surface area contributed by atoms with Crippen molar-refractivity contribution in [2.75, 3.05) is 19.8 Å². The van der Waals surface area contributed by atoms with Gasteiger partial charge < -0.3 is 14.6 Å². The van der Waals surface area contributed by atoms with Crippen LogP contribution >= 0.6 is 0 Å². The summed E-state index contributed by atoms with van der Waals surface area (Å²) in [6, 6.07) is 0. The zero-order valence-electron chi connectivity index (χ0n) is 10.3. The number of aryl methyl sites for hydroxylation is 1. The highest BCUT2D eigenvalue weighted by molar-refractivity contribution is 4.82. The molecule has 0 bridgehead atoms. The van der Waals surface area contributed by atoms with E-state index in [1.54, 1.807) is 6.33 Å². The molecule has 1 aromatic heterocycles. The van der Waals surface area contributed by atoms with Gasteiger partial charge in [-0.05, 0) is 19.4 Å². The first-order valence-corrected chi connectivity index (χ1v) is 5.96. The molecule has 0 aliphatic rings. The van der Waals surface area contributed by atoms with E-state index in [-0.39, 0.29) is 0 Å². The monoisotopic (exact) mass is 226 g/mol. The molecule has 0 fully saturated rings. The number of unbranched alkanes of at least 4 members (excludes halogenated alkanes) is 1. The third-order valence-corrected chi connectivity index (χ3v) is 2.37. The van der Waals surface area contributed by atoms with Gasteiger partial charge in [-0.15, -0.1) is 10.2 Å². The van der Waals surface area contributed by atoms with Gasteiger partial charge in [0.1, 0.15) is 12.2 Å². The van der Waals surface area contributed by atoms with Crippen LogP contribution in [0, 0.1) is 0 Å². The molecule has 0 saturated carbocycles. The van der Waals surface area contributed by atoms with Gasteiger partial charge in [0.25, 0.3) is 0 Å². The molecule has 0 amide bonds. The second-order valence-electron chi connectivity index (χ2n) is 3.85. The minimum absolute atomic E-state index is 0.769. The molecular weight excluding hydrogens is 204 g/mol. The summed E-state index contributed by atoms with van der Waals surface area (Å²) in [6.07, 6.45) is 5.11. The lowest BCUT2D eigenvalue weighted by atomic mass is 10.3. The molecule has 0 radical (unpaired) electrons. The lowest BCUT2D eigenvalue weighted by Crippen LogP contribution is -2.18. The van der Waals surface area contributed by atoms with Gasteiger partial charge in [-0.25, -0.2) is 0 Å². The van der Waals surface area contributed by atoms with Crippen LogP contribution in [0.4, 0.5) is 0 Å². The molecule has 0 aliphatic heterocycles. The van der Waals surface area contributed by atoms with Crippen LogP contribution in [-0.4, -0.2) is 34.5 Å². The molecule has 0 saturated heterocycles. The van der Waals surface area contributed by atoms with E-state index in [2.05, 4.69) is 22.4 Å². The highest BCUT2D eigenvalue weighted by atomic mass is 16.5. The van der Waals surface area contributed by atoms with Crippen molar-refractivity contribution in [3.8, 4) is 0 Å². The van der Waals surface area contributed by atoms with Crippen LogP contribution in [0.25, 0.3) is 0 Å². The highest BCUT2D eigenvalue weighted by Gasteiger charge is 1.98. The summed E-state index contributed by atoms with van der Waals surface area (Å²) in [5, 5.41) is 11.1. The number of ether oxygens (including phenoxy) is 1. The van der Waals surface area contributed by atoms with Crippen molar-refractivity contribution in [1.29, 1.82) is 0 Å². The summed E-state index contributed by atoms with van der Waals surface area (Å²) < 4.78 is 7.38. The van der Waals surface area contributed by atoms with Crippen LogP contribution in [0.5, 0.6) is 0 Å². The van der Waals surface area contributed by atoms with Gasteiger partial charge in [0.15, 0.2) is 0 Å². The van der Waals surface area contributed by atoms with E-state index < -0.39 is 0 Å². The van der Waals surface area contributed by atoms with Crippen LogP contribution in [-0.2, 0) is 18.3 Å². The Kier molecular flexibility index (Phi) is 6.76. The Morgan fingerprint density at radius 3 is 2.88 bits per heavy atom. The molecular formula is C11H22N4O. The lowest BCUT2D eigenvalue weighted by Gasteiger charge is -2.05. The number of hydrogen-bond acceptors (Lipinski definition) is 4. The van der Waals surface area contributed by atoms with Crippen molar-refractivity contribution < 1.29 is 4.74 Å². The fourth-order valence-corrected chi connectivity index (χ4v) is 1.32. The predicted octanol–water partition coefficient (Wildman–Crippen LogP) is 1.11. The number of hydrogen-bond donors (Lipinski definition) is 1. The Balaban J connectivity index is 1.91. The van der Waals surface area contributed by atoms with Gasteiger partial charge in [-0.2, -0.15) is 0 Å². The zero-order valence-corrected chi connectivity index (χ0v) is 10.3. The van der Waals surface area contributed by atoms with E-state index in [9.17, 15) is 0 Å². The molecule has 1 aromatic rings. The van der Waals surface area contributed by atoms with Crippen molar-refractivity contribution in [3.63, 3.8) is 0 Å². The first kappa shape index (κ1) is 13.1. The van der Waals surface area contributed by atoms with E-state index in [0.29, 0.717) is 0 Å². The molecule has 0 spiro atoms. The molecule has 1 N–H and O–H groups in total. The van der Waals surface area contributed by atoms with E-state index in [4.69, 9.17) is 4.74 Å². The van der Waals surface area contributed by atoms with Gasteiger partial charge in [-0.3, -0.25) is 0 Å². The van der Waals surface area contributed by atoms with Crippen molar-refractivity contribution in [2.24, 2.45) is 7.05 Å². The fourth-order valence-electron chi connectivity index (χ4n) is 1.32. The topological polar surface area (TPSA) is 52.0 Å². The Hall–Kier alpha value is -0.940. The smallest absolute Gasteiger partial charge is 0.146 e. The van der Waals surface area contributed by atoms with Gasteiger partial charge in [0.2, 0.25) is 0 Å². The van der Waals surface area contributed by atoms with Crippen LogP contribution in [0.15, 0.2) is 6.33 Å². The number of nitrogens with zero attached hydrogens (tertiary/aromatic N) is 3. The second-order valence-corrected chi connectivity index (χ2v) is 3.85. The maximum Gasteiger partial charge on any atom is 0.146 e. The van der Waals surface area contributed by atoms with Gasteiger partial charge in [0.05, 0.1) is 6.54 Å². The normalized spacial score (nSPS) is 10.9. The van der Waals surface area contributed by atoms with Crippen LogP contribution in [0.2, 0.25) is 0 Å². The van der Waals surface area contributed by atoms with E-state index in [1.807, 2.05) is 11.6 Å². The largest absolute Gasteiger partial charge is 0.381 e. The minimum atomic E-state index is 0.769. The highest BCUT2D eigenvalue weighted by Crippen LogP contribution is 1.91. The van der Waals surface area contributed by atoms with E-state index in [0.717, 1.165) is 45.0 Å². The first-order chi connectivity index (χ1) is 7.84. The van der Waals surface area contributed by atoms with Crippen molar-refractivity contribution >= 4 is 0 Å². The molecule has 5 nitrogen and oxygen atoms in total. The van der Waals surface area contributed by atoms with E-state index >= 15 is 0 Å². The molecule has 0 aliphatic carbocycles. The average Bonchev–Trinajstić information content (AvgIpc) is 2.68. The van der Waals surface area contributed by atoms with Gasteiger partial charge in [0, 0.05) is 20.3 Å². The van der Waals surface area contributed by atoms with Crippen LogP contribution < -0.4 is 5.32 Å². The lowest BCUT2D eigenvalue weighted by molar-refractivity contribution is 0.128. The molecule has 92 valence electrons. The van der Waals surface area contributed by atoms with Crippen molar-refractivity contribution in [2.45, 2.75) is 32.7 Å². The van der Waals surface area contributed by atoms with E-state index in [1.165, 1.54) is 6.42 Å². The third kappa shape index (κ3) is 5.23. The fraction of sp³-hybridized carbons (Fsp3) is 0.818. The average molecular weight is 226 g/mol. The number of aromatic nitrogens is 3. The second kappa shape index (κ2) is 8.24. The SMILES string of the molecule is CCCCOCCCNCc1nncn1C. The van der Waals surface area contributed by atoms with Gasteiger partial charge >= 0.3 is 0 Å². The molecule has 0 atom stereocenters. The van der Waals surface area contributed by atoms with Crippen LogP contribution in [0.3, 0.4) is 0 Å².